The molecule has 3 rings (SSSR count). The van der Waals surface area contributed by atoms with E-state index >= 15 is 0 Å². The molecular weight excluding hydrogens is 418 g/mol. The summed E-state index contributed by atoms with van der Waals surface area (Å²) in [7, 11) is 1.42. The molecule has 2 aromatic heterocycles. The van der Waals surface area contributed by atoms with Gasteiger partial charge in [-0.1, -0.05) is 6.92 Å². The molecule has 9 heteroatoms. The molecule has 0 bridgehead atoms. The third-order valence-electron chi connectivity index (χ3n) is 5.88. The van der Waals surface area contributed by atoms with Crippen molar-refractivity contribution < 1.29 is 14.4 Å². The van der Waals surface area contributed by atoms with Gasteiger partial charge in [0, 0.05) is 22.7 Å². The first-order chi connectivity index (χ1) is 14.4. The molecule has 3 heterocycles. The van der Waals surface area contributed by atoms with E-state index in [2.05, 4.69) is 40.8 Å². The van der Waals surface area contributed by atoms with Crippen LogP contribution in [0.25, 0.3) is 0 Å². The van der Waals surface area contributed by atoms with E-state index in [1.807, 2.05) is 13.1 Å². The van der Waals surface area contributed by atoms with Crippen LogP contribution in [0.5, 0.6) is 0 Å². The summed E-state index contributed by atoms with van der Waals surface area (Å²) in [6.07, 6.45) is 2.79. The summed E-state index contributed by atoms with van der Waals surface area (Å²) in [4.78, 5) is 17.2. The summed E-state index contributed by atoms with van der Waals surface area (Å²) in [5.74, 6) is -0.307. The third-order valence-corrected chi connectivity index (χ3v) is 7.30. The van der Waals surface area contributed by atoms with E-state index in [4.69, 9.17) is 17.0 Å². The van der Waals surface area contributed by atoms with Crippen LogP contribution >= 0.6 is 23.6 Å². The highest BCUT2D eigenvalue weighted by molar-refractivity contribution is 7.80. The highest BCUT2D eigenvalue weighted by Crippen LogP contribution is 2.34. The van der Waals surface area contributed by atoms with Gasteiger partial charge in [-0.05, 0) is 45.0 Å². The highest BCUT2D eigenvalue weighted by Gasteiger charge is 2.26. The molecule has 0 radical (unpaired) electrons. The molecule has 1 fully saturated rings. The van der Waals surface area contributed by atoms with Crippen molar-refractivity contribution in [3.05, 3.63) is 33.5 Å². The number of hydrogen-bond donors (Lipinski definition) is 2. The number of aromatic nitrogens is 2. The first-order valence-corrected chi connectivity index (χ1v) is 11.7. The second-order valence-corrected chi connectivity index (χ2v) is 9.21. The number of thiophene rings is 1. The van der Waals surface area contributed by atoms with E-state index in [9.17, 15) is 4.79 Å². The number of nitrogens with zero attached hydrogens (tertiary/aromatic N) is 3. The second-order valence-electron chi connectivity index (χ2n) is 7.60. The van der Waals surface area contributed by atoms with Gasteiger partial charge in [-0.15, -0.1) is 11.3 Å². The van der Waals surface area contributed by atoms with Crippen LogP contribution in [-0.2, 0) is 24.2 Å². The van der Waals surface area contributed by atoms with Crippen LogP contribution in [0.1, 0.15) is 45.9 Å². The van der Waals surface area contributed by atoms with E-state index in [1.165, 1.54) is 18.4 Å². The van der Waals surface area contributed by atoms with Gasteiger partial charge in [0.05, 0.1) is 45.0 Å². The summed E-state index contributed by atoms with van der Waals surface area (Å²) in [6.45, 7) is 14.1. The van der Waals surface area contributed by atoms with E-state index in [0.717, 1.165) is 61.1 Å². The van der Waals surface area contributed by atoms with Crippen LogP contribution in [0.2, 0.25) is 0 Å². The number of anilines is 1. The topological polar surface area (TPSA) is 63.8 Å². The molecule has 0 aliphatic carbocycles. The number of methoxy groups -OCH3 is 1. The van der Waals surface area contributed by atoms with Crippen molar-refractivity contribution >= 4 is 39.6 Å². The Morgan fingerprint density at radius 3 is 2.60 bits per heavy atom. The number of thiocarbonyl (C=S) groups is 1. The standard InChI is InChI=1S/C21H31N5O2S2/c1-6-17-15(4)30-19(18(17)20(27)28-5)23-21(29)25-10-8-24(9-11-25)13-16-12-22-26(7-2)14(16)3/h12H,6-11,13H2,1-5H3,(H,23,29)/p+1. The van der Waals surface area contributed by atoms with Crippen LogP contribution in [0.4, 0.5) is 5.00 Å². The molecule has 7 nitrogen and oxygen atoms in total. The zero-order valence-corrected chi connectivity index (χ0v) is 20.1. The monoisotopic (exact) mass is 450 g/mol. The van der Waals surface area contributed by atoms with Gasteiger partial charge in [0.15, 0.2) is 5.11 Å². The lowest BCUT2D eigenvalue weighted by Crippen LogP contribution is -3.13. The molecule has 1 aliphatic rings. The zero-order valence-electron chi connectivity index (χ0n) is 18.5. The normalized spacial score (nSPS) is 14.8. The predicted molar refractivity (Wildman–Crippen MR) is 125 cm³/mol. The molecule has 0 atom stereocenters. The van der Waals surface area contributed by atoms with Gasteiger partial charge in [-0.25, -0.2) is 4.79 Å². The van der Waals surface area contributed by atoms with E-state index < -0.39 is 0 Å². The van der Waals surface area contributed by atoms with Crippen LogP contribution in [0.3, 0.4) is 0 Å². The third kappa shape index (κ3) is 4.68. The van der Waals surface area contributed by atoms with Crippen molar-refractivity contribution in [1.82, 2.24) is 14.7 Å². The molecule has 0 spiro atoms. The van der Waals surface area contributed by atoms with Crippen LogP contribution in [-0.4, -0.2) is 59.1 Å². The predicted octanol–water partition coefficient (Wildman–Crippen LogP) is 2.03. The fraction of sp³-hybridized carbons (Fsp3) is 0.571. The van der Waals surface area contributed by atoms with E-state index in [1.54, 1.807) is 16.2 Å². The number of carbonyl (C=O) groups is 1. The molecule has 0 saturated carbocycles. The fourth-order valence-electron chi connectivity index (χ4n) is 4.04. The number of carbonyl (C=O) groups excluding carboxylic acids is 1. The van der Waals surface area contributed by atoms with Crippen LogP contribution in [0, 0.1) is 13.8 Å². The minimum absolute atomic E-state index is 0.307. The summed E-state index contributed by atoms with van der Waals surface area (Å²) < 4.78 is 7.06. The molecule has 0 unspecified atom stereocenters. The Balaban J connectivity index is 1.61. The summed E-state index contributed by atoms with van der Waals surface area (Å²) in [6, 6.07) is 0. The van der Waals surface area contributed by atoms with Crippen LogP contribution < -0.4 is 10.2 Å². The summed E-state index contributed by atoms with van der Waals surface area (Å²) in [5.41, 5.74) is 4.25. The maximum atomic E-state index is 12.3. The Kier molecular flexibility index (Phi) is 7.49. The number of piperazine rings is 1. The Labute approximate surface area is 188 Å². The number of hydrogen-bond acceptors (Lipinski definition) is 5. The maximum Gasteiger partial charge on any atom is 0.341 e. The summed E-state index contributed by atoms with van der Waals surface area (Å²) >= 11 is 7.25. The number of nitrogens with one attached hydrogen (secondary N) is 2. The molecule has 30 heavy (non-hydrogen) atoms. The molecule has 1 saturated heterocycles. The summed E-state index contributed by atoms with van der Waals surface area (Å²) in [5, 5.41) is 9.26. The van der Waals surface area contributed by atoms with Gasteiger partial charge in [0.25, 0.3) is 0 Å². The Hall–Kier alpha value is -1.97. The zero-order chi connectivity index (χ0) is 21.8. The average Bonchev–Trinajstić information content (AvgIpc) is 3.26. The van der Waals surface area contributed by atoms with Gasteiger partial charge in [0.2, 0.25) is 0 Å². The number of esters is 1. The SMILES string of the molecule is CCc1c(C)sc(NC(=S)N2CC[NH+](Cc3cnn(CC)c3C)CC2)c1C(=O)OC. The van der Waals surface area contributed by atoms with Crippen molar-refractivity contribution in [2.45, 2.75) is 47.2 Å². The lowest BCUT2D eigenvalue weighted by molar-refractivity contribution is -0.917. The molecule has 164 valence electrons. The fourth-order valence-corrected chi connectivity index (χ4v) is 5.52. The van der Waals surface area contributed by atoms with Gasteiger partial charge in [-0.3, -0.25) is 4.68 Å². The molecule has 2 N–H and O–H groups in total. The molecule has 1 aliphatic heterocycles. The highest BCUT2D eigenvalue weighted by atomic mass is 32.1. The number of rotatable bonds is 6. The second kappa shape index (κ2) is 9.89. The first kappa shape index (κ1) is 22.7. The van der Waals surface area contributed by atoms with Gasteiger partial charge in [0.1, 0.15) is 11.5 Å². The van der Waals surface area contributed by atoms with Crippen LogP contribution in [0.15, 0.2) is 6.20 Å². The molecule has 2 aromatic rings. The first-order valence-electron chi connectivity index (χ1n) is 10.5. The number of quaternary nitrogens is 1. The van der Waals surface area contributed by atoms with Gasteiger partial charge in [-0.2, -0.15) is 5.10 Å². The lowest BCUT2D eigenvalue weighted by atomic mass is 10.1. The number of aryl methyl sites for hydroxylation is 2. The minimum atomic E-state index is -0.307. The van der Waals surface area contributed by atoms with Crippen molar-refractivity contribution in [2.75, 3.05) is 38.6 Å². The quantitative estimate of drug-likeness (QED) is 0.519. The molecule has 0 amide bonds. The largest absolute Gasteiger partial charge is 0.465 e. The average molecular weight is 451 g/mol. The van der Waals surface area contributed by atoms with E-state index in [0.29, 0.717) is 10.7 Å². The minimum Gasteiger partial charge on any atom is -0.465 e. The van der Waals surface area contributed by atoms with Crippen molar-refractivity contribution in [2.24, 2.45) is 0 Å². The van der Waals surface area contributed by atoms with Crippen molar-refractivity contribution in [1.29, 1.82) is 0 Å². The molecular formula is C21H32N5O2S2+. The van der Waals surface area contributed by atoms with Gasteiger partial charge < -0.3 is 19.9 Å². The lowest BCUT2D eigenvalue weighted by Gasteiger charge is -2.33. The smallest absolute Gasteiger partial charge is 0.341 e. The number of ether oxygens (including phenoxy) is 1. The van der Waals surface area contributed by atoms with Gasteiger partial charge >= 0.3 is 5.97 Å². The Morgan fingerprint density at radius 2 is 2.03 bits per heavy atom. The van der Waals surface area contributed by atoms with E-state index in [-0.39, 0.29) is 5.97 Å². The molecule has 0 aromatic carbocycles. The maximum absolute atomic E-state index is 12.3. The Bertz CT molecular complexity index is 913. The van der Waals surface area contributed by atoms with Crippen molar-refractivity contribution in [3.63, 3.8) is 0 Å². The Morgan fingerprint density at radius 1 is 1.33 bits per heavy atom. The van der Waals surface area contributed by atoms with Crippen molar-refractivity contribution in [3.8, 4) is 0 Å².